The zero-order valence-electron chi connectivity index (χ0n) is 15.5. The summed E-state index contributed by atoms with van der Waals surface area (Å²) in [5, 5.41) is 2.63. The Hall–Kier alpha value is -2.17. The Morgan fingerprint density at radius 1 is 1.22 bits per heavy atom. The van der Waals surface area contributed by atoms with Crippen LogP contribution in [0.5, 0.6) is 5.75 Å². The van der Waals surface area contributed by atoms with Gasteiger partial charge in [-0.15, -0.1) is 0 Å². The fraction of sp³-hybridized carbons (Fsp3) is 0.529. The minimum atomic E-state index is -3.70. The molecule has 2 amide bonds. The van der Waals surface area contributed by atoms with Crippen molar-refractivity contribution in [2.24, 2.45) is 0 Å². The number of hydrogen-bond acceptors (Lipinski definition) is 6. The van der Waals surface area contributed by atoms with Gasteiger partial charge in [-0.2, -0.15) is 4.31 Å². The van der Waals surface area contributed by atoms with Gasteiger partial charge in [-0.05, 0) is 31.2 Å². The van der Waals surface area contributed by atoms with Crippen LogP contribution in [-0.2, 0) is 19.6 Å². The lowest BCUT2D eigenvalue weighted by Gasteiger charge is -2.23. The molecule has 0 bridgehead atoms. The van der Waals surface area contributed by atoms with Crippen molar-refractivity contribution in [3.8, 4) is 5.75 Å². The first-order chi connectivity index (χ1) is 12.8. The third-order valence-electron chi connectivity index (χ3n) is 4.63. The maximum Gasteiger partial charge on any atom is 0.262 e. The van der Waals surface area contributed by atoms with Crippen molar-refractivity contribution in [3.63, 3.8) is 0 Å². The van der Waals surface area contributed by atoms with E-state index in [-0.39, 0.29) is 29.9 Å². The largest absolute Gasteiger partial charge is 0.482 e. The molecule has 0 aliphatic carbocycles. The van der Waals surface area contributed by atoms with Crippen LogP contribution in [0.3, 0.4) is 0 Å². The summed E-state index contributed by atoms with van der Waals surface area (Å²) in [4.78, 5) is 27.0. The number of sulfonamides is 1. The highest BCUT2D eigenvalue weighted by molar-refractivity contribution is 7.89. The fourth-order valence-electron chi connectivity index (χ4n) is 3.05. The average Bonchev–Trinajstić information content (AvgIpc) is 2.87. The van der Waals surface area contributed by atoms with Crippen molar-refractivity contribution in [1.29, 1.82) is 0 Å². The summed E-state index contributed by atoms with van der Waals surface area (Å²) in [5.41, 5.74) is 0.361. The number of likely N-dealkylation sites (N-methyl/N-ethyl adjacent to an activating group) is 1. The number of nitrogens with one attached hydrogen (secondary N) is 1. The molecule has 0 saturated carbocycles. The third kappa shape index (κ3) is 4.40. The number of carbonyl (C=O) groups is 2. The summed E-state index contributed by atoms with van der Waals surface area (Å²) in [7, 11) is -0.292. The topological polar surface area (TPSA) is 99.3 Å². The number of amides is 2. The fourth-order valence-corrected chi connectivity index (χ4v) is 4.55. The molecular formula is C17H24N4O5S. The summed E-state index contributed by atoms with van der Waals surface area (Å²) < 4.78 is 32.8. The summed E-state index contributed by atoms with van der Waals surface area (Å²) >= 11 is 0. The van der Waals surface area contributed by atoms with Gasteiger partial charge in [0.2, 0.25) is 15.9 Å². The lowest BCUT2D eigenvalue weighted by Crippen LogP contribution is -2.39. The molecule has 1 fully saturated rings. The van der Waals surface area contributed by atoms with Crippen molar-refractivity contribution in [3.05, 3.63) is 18.2 Å². The number of anilines is 1. The highest BCUT2D eigenvalue weighted by atomic mass is 32.2. The molecule has 2 aliphatic heterocycles. The molecular weight excluding hydrogens is 372 g/mol. The van der Waals surface area contributed by atoms with Crippen molar-refractivity contribution < 1.29 is 22.7 Å². The van der Waals surface area contributed by atoms with E-state index in [0.717, 1.165) is 0 Å². The second kappa shape index (κ2) is 7.83. The van der Waals surface area contributed by atoms with Crippen molar-refractivity contribution in [2.45, 2.75) is 11.3 Å². The predicted molar refractivity (Wildman–Crippen MR) is 99.1 cm³/mol. The van der Waals surface area contributed by atoms with E-state index in [1.807, 2.05) is 4.90 Å². The van der Waals surface area contributed by atoms with Crippen molar-refractivity contribution >= 4 is 27.5 Å². The second-order valence-electron chi connectivity index (χ2n) is 6.82. The van der Waals surface area contributed by atoms with Gasteiger partial charge in [-0.1, -0.05) is 0 Å². The van der Waals surface area contributed by atoms with Crippen LogP contribution in [-0.4, -0.2) is 87.8 Å². The zero-order valence-corrected chi connectivity index (χ0v) is 16.3. The lowest BCUT2D eigenvalue weighted by atomic mass is 10.2. The second-order valence-corrected chi connectivity index (χ2v) is 8.75. The molecule has 10 heteroatoms. The molecule has 0 spiro atoms. The van der Waals surface area contributed by atoms with Gasteiger partial charge in [-0.25, -0.2) is 8.42 Å². The molecule has 27 heavy (non-hydrogen) atoms. The maximum absolute atomic E-state index is 13.0. The molecule has 1 N–H and O–H groups in total. The van der Waals surface area contributed by atoms with Crippen molar-refractivity contribution in [2.75, 3.05) is 58.7 Å². The highest BCUT2D eigenvalue weighted by Crippen LogP contribution is 2.31. The van der Waals surface area contributed by atoms with Crippen LogP contribution in [0.1, 0.15) is 6.42 Å². The van der Waals surface area contributed by atoms with Crippen LogP contribution in [0.2, 0.25) is 0 Å². The third-order valence-corrected chi connectivity index (χ3v) is 6.52. The first-order valence-electron chi connectivity index (χ1n) is 8.77. The number of fused-ring (bicyclic) bond motifs is 1. The number of rotatable bonds is 4. The monoisotopic (exact) mass is 396 g/mol. The van der Waals surface area contributed by atoms with Crippen LogP contribution in [0, 0.1) is 0 Å². The van der Waals surface area contributed by atoms with E-state index in [2.05, 4.69) is 5.32 Å². The lowest BCUT2D eigenvalue weighted by molar-refractivity contribution is -0.129. The van der Waals surface area contributed by atoms with Gasteiger partial charge in [0, 0.05) is 33.7 Å². The number of nitrogens with zero attached hydrogens (tertiary/aromatic N) is 3. The molecule has 9 nitrogen and oxygen atoms in total. The van der Waals surface area contributed by atoms with Crippen LogP contribution in [0.4, 0.5) is 5.69 Å². The average molecular weight is 396 g/mol. The van der Waals surface area contributed by atoms with Gasteiger partial charge in [0.1, 0.15) is 5.75 Å². The first kappa shape index (κ1) is 19.6. The van der Waals surface area contributed by atoms with Gasteiger partial charge in [0.15, 0.2) is 6.61 Å². The number of benzene rings is 1. The molecule has 0 radical (unpaired) electrons. The van der Waals surface area contributed by atoms with Crippen LogP contribution >= 0.6 is 0 Å². The van der Waals surface area contributed by atoms with Gasteiger partial charge >= 0.3 is 0 Å². The SMILES string of the molecule is CN(C)C(=O)CN1CCCN(S(=O)(=O)c2ccc3c(c2)NC(=O)CO3)CC1. The number of hydrogen-bond donors (Lipinski definition) is 1. The van der Waals surface area contributed by atoms with E-state index in [1.165, 1.54) is 21.3 Å². The normalized spacial score (nSPS) is 18.8. The zero-order chi connectivity index (χ0) is 19.6. The minimum Gasteiger partial charge on any atom is -0.482 e. The Kier molecular flexibility index (Phi) is 5.68. The summed E-state index contributed by atoms with van der Waals surface area (Å²) in [6, 6.07) is 4.48. The molecule has 2 heterocycles. The van der Waals surface area contributed by atoms with Crippen LogP contribution in [0.15, 0.2) is 23.1 Å². The van der Waals surface area contributed by atoms with E-state index in [9.17, 15) is 18.0 Å². The van der Waals surface area contributed by atoms with Gasteiger partial charge < -0.3 is 15.0 Å². The van der Waals surface area contributed by atoms with Crippen LogP contribution in [0.25, 0.3) is 0 Å². The first-order valence-corrected chi connectivity index (χ1v) is 10.2. The summed E-state index contributed by atoms with van der Waals surface area (Å²) in [6.07, 6.45) is 0.644. The molecule has 0 atom stereocenters. The Morgan fingerprint density at radius 2 is 2.00 bits per heavy atom. The van der Waals surface area contributed by atoms with E-state index < -0.39 is 10.0 Å². The Balaban J connectivity index is 1.73. The number of ether oxygens (including phenoxy) is 1. The summed E-state index contributed by atoms with van der Waals surface area (Å²) in [6.45, 7) is 2.05. The Labute approximate surface area is 158 Å². The van der Waals surface area contributed by atoms with Crippen molar-refractivity contribution in [1.82, 2.24) is 14.1 Å². The quantitative estimate of drug-likeness (QED) is 0.757. The molecule has 148 valence electrons. The van der Waals surface area contributed by atoms with Gasteiger partial charge in [0.05, 0.1) is 17.1 Å². The van der Waals surface area contributed by atoms with E-state index >= 15 is 0 Å². The smallest absolute Gasteiger partial charge is 0.262 e. The van der Waals surface area contributed by atoms with E-state index in [0.29, 0.717) is 44.0 Å². The van der Waals surface area contributed by atoms with Gasteiger partial charge in [-0.3, -0.25) is 14.5 Å². The standard InChI is InChI=1S/C17H24N4O5S/c1-19(2)17(23)11-20-6-3-7-21(9-8-20)27(24,25)13-4-5-15-14(10-13)18-16(22)12-26-15/h4-5,10H,3,6-9,11-12H2,1-2H3,(H,18,22). The Morgan fingerprint density at radius 3 is 2.74 bits per heavy atom. The maximum atomic E-state index is 13.0. The Bertz CT molecular complexity index is 840. The number of carbonyl (C=O) groups excluding carboxylic acids is 2. The highest BCUT2D eigenvalue weighted by Gasteiger charge is 2.29. The van der Waals surface area contributed by atoms with E-state index in [1.54, 1.807) is 20.2 Å². The van der Waals surface area contributed by atoms with E-state index in [4.69, 9.17) is 4.74 Å². The predicted octanol–water partition coefficient (Wildman–Crippen LogP) is -0.198. The molecule has 0 aromatic heterocycles. The minimum absolute atomic E-state index is 0.00302. The molecule has 2 aliphatic rings. The summed E-state index contributed by atoms with van der Waals surface area (Å²) in [5.74, 6) is 0.141. The molecule has 1 aromatic carbocycles. The van der Waals surface area contributed by atoms with Crippen LogP contribution < -0.4 is 10.1 Å². The molecule has 0 unspecified atom stereocenters. The molecule has 1 saturated heterocycles. The molecule has 3 rings (SSSR count). The van der Waals surface area contributed by atoms with Gasteiger partial charge in [0.25, 0.3) is 5.91 Å². The molecule has 1 aromatic rings.